The molecule has 0 saturated carbocycles. The number of benzene rings is 1. The normalized spacial score (nSPS) is 19.8. The van der Waals surface area contributed by atoms with Crippen LogP contribution in [0.3, 0.4) is 0 Å². The molecule has 0 aromatic heterocycles. The van der Waals surface area contributed by atoms with Crippen molar-refractivity contribution in [2.45, 2.75) is 12.5 Å². The largest absolute Gasteiger partial charge is 0.391 e. The first kappa shape index (κ1) is 12.0. The molecule has 7 heteroatoms. The zero-order valence-corrected chi connectivity index (χ0v) is 10.3. The van der Waals surface area contributed by atoms with E-state index in [1.54, 1.807) is 6.07 Å². The van der Waals surface area contributed by atoms with E-state index in [0.29, 0.717) is 4.47 Å². The van der Waals surface area contributed by atoms with Gasteiger partial charge in [-0.2, -0.15) is 0 Å². The van der Waals surface area contributed by atoms with Gasteiger partial charge in [0.1, 0.15) is 5.69 Å². The number of carbonyl (C=O) groups is 1. The van der Waals surface area contributed by atoms with E-state index in [0.717, 1.165) is 0 Å². The molecule has 1 unspecified atom stereocenters. The summed E-state index contributed by atoms with van der Waals surface area (Å²) in [7, 11) is 0. The summed E-state index contributed by atoms with van der Waals surface area (Å²) >= 11 is 3.19. The topological polar surface area (TPSA) is 83.7 Å². The Bertz CT molecular complexity index is 491. The molecule has 1 aromatic rings. The van der Waals surface area contributed by atoms with Crippen molar-refractivity contribution in [3.8, 4) is 0 Å². The number of β-amino-alcohol motifs (C(OH)–C–C–N with tert-alkyl or cyclic N) is 1. The van der Waals surface area contributed by atoms with Crippen molar-refractivity contribution in [2.24, 2.45) is 0 Å². The van der Waals surface area contributed by atoms with Crippen LogP contribution in [0.4, 0.5) is 11.4 Å². The number of para-hydroxylation sites is 1. The van der Waals surface area contributed by atoms with Gasteiger partial charge in [-0.25, -0.2) is 0 Å². The van der Waals surface area contributed by atoms with E-state index in [4.69, 9.17) is 0 Å². The molecule has 1 saturated heterocycles. The summed E-state index contributed by atoms with van der Waals surface area (Å²) in [5.74, 6) is -0.312. The lowest BCUT2D eigenvalue weighted by Gasteiger charge is -2.17. The van der Waals surface area contributed by atoms with Crippen LogP contribution in [-0.4, -0.2) is 28.6 Å². The van der Waals surface area contributed by atoms with Gasteiger partial charge in [-0.1, -0.05) is 6.07 Å². The highest BCUT2D eigenvalue weighted by Crippen LogP contribution is 2.37. The molecule has 0 aliphatic carbocycles. The van der Waals surface area contributed by atoms with E-state index in [1.165, 1.54) is 17.0 Å². The minimum atomic E-state index is -0.769. The van der Waals surface area contributed by atoms with Crippen molar-refractivity contribution in [1.82, 2.24) is 0 Å². The second kappa shape index (κ2) is 4.42. The molecule has 1 atom stereocenters. The number of hydrogen-bond donors (Lipinski definition) is 1. The Kier molecular flexibility index (Phi) is 3.12. The molecule has 0 radical (unpaired) electrons. The van der Waals surface area contributed by atoms with E-state index in [1.807, 2.05) is 0 Å². The molecule has 2 rings (SSSR count). The lowest BCUT2D eigenvalue weighted by molar-refractivity contribution is -0.384. The van der Waals surface area contributed by atoms with Crippen molar-refractivity contribution < 1.29 is 14.8 Å². The molecule has 90 valence electrons. The summed E-state index contributed by atoms with van der Waals surface area (Å²) in [5, 5.41) is 20.3. The van der Waals surface area contributed by atoms with Crippen molar-refractivity contribution in [3.63, 3.8) is 0 Å². The molecule has 1 aliphatic heterocycles. The monoisotopic (exact) mass is 300 g/mol. The Balaban J connectivity index is 2.51. The Morgan fingerprint density at radius 2 is 2.24 bits per heavy atom. The SMILES string of the molecule is O=C1CC(O)CN1c1c(Br)cccc1[N+](=O)[O-]. The van der Waals surface area contributed by atoms with Crippen molar-refractivity contribution in [2.75, 3.05) is 11.4 Å². The first-order valence-electron chi connectivity index (χ1n) is 4.92. The fraction of sp³-hybridized carbons (Fsp3) is 0.300. The summed E-state index contributed by atoms with van der Waals surface area (Å²) in [6.45, 7) is 0.0856. The number of nitrogens with zero attached hydrogens (tertiary/aromatic N) is 2. The van der Waals surface area contributed by atoms with Crippen molar-refractivity contribution in [3.05, 3.63) is 32.8 Å². The lowest BCUT2D eigenvalue weighted by Crippen LogP contribution is -2.26. The van der Waals surface area contributed by atoms with E-state index in [9.17, 15) is 20.0 Å². The van der Waals surface area contributed by atoms with Gasteiger partial charge in [0.05, 0.1) is 24.0 Å². The fourth-order valence-electron chi connectivity index (χ4n) is 1.82. The summed E-state index contributed by atoms with van der Waals surface area (Å²) in [6.07, 6.45) is -0.771. The standard InChI is InChI=1S/C10H9BrN2O4/c11-7-2-1-3-8(13(16)17)10(7)12-5-6(14)4-9(12)15/h1-3,6,14H,4-5H2. The van der Waals surface area contributed by atoms with Crippen LogP contribution in [0.15, 0.2) is 22.7 Å². The van der Waals surface area contributed by atoms with Gasteiger partial charge in [-0.3, -0.25) is 14.9 Å². The van der Waals surface area contributed by atoms with Crippen molar-refractivity contribution in [1.29, 1.82) is 0 Å². The molecular formula is C10H9BrN2O4. The predicted molar refractivity (Wildman–Crippen MR) is 63.8 cm³/mol. The summed E-state index contributed by atoms with van der Waals surface area (Å²) in [6, 6.07) is 4.49. The Hall–Kier alpha value is -1.47. The van der Waals surface area contributed by atoms with Crippen LogP contribution in [0.2, 0.25) is 0 Å². The van der Waals surface area contributed by atoms with E-state index in [2.05, 4.69) is 15.9 Å². The third-order valence-corrected chi connectivity index (χ3v) is 3.18. The second-order valence-corrected chi connectivity index (χ2v) is 4.58. The first-order valence-corrected chi connectivity index (χ1v) is 5.71. The number of nitro benzene ring substituents is 1. The first-order chi connectivity index (χ1) is 8.00. The van der Waals surface area contributed by atoms with Crippen molar-refractivity contribution >= 4 is 33.2 Å². The Labute approximate surface area is 105 Å². The lowest BCUT2D eigenvalue weighted by atomic mass is 10.2. The predicted octanol–water partition coefficient (Wildman–Crippen LogP) is 1.45. The molecule has 17 heavy (non-hydrogen) atoms. The Morgan fingerprint density at radius 1 is 1.53 bits per heavy atom. The molecule has 6 nitrogen and oxygen atoms in total. The maximum atomic E-state index is 11.6. The summed E-state index contributed by atoms with van der Waals surface area (Å²) < 4.78 is 0.467. The summed E-state index contributed by atoms with van der Waals surface area (Å²) in [4.78, 5) is 23.2. The molecule has 1 aromatic carbocycles. The minimum Gasteiger partial charge on any atom is -0.391 e. The second-order valence-electron chi connectivity index (χ2n) is 3.73. The number of halogens is 1. The Morgan fingerprint density at radius 3 is 2.76 bits per heavy atom. The average Bonchev–Trinajstić information content (AvgIpc) is 2.57. The maximum Gasteiger partial charge on any atom is 0.294 e. The number of amides is 1. The summed E-state index contributed by atoms with van der Waals surface area (Å²) in [5.41, 5.74) is 0.0564. The molecular weight excluding hydrogens is 292 g/mol. The number of aliphatic hydroxyl groups excluding tert-OH is 1. The van der Waals surface area contributed by atoms with Crippen LogP contribution >= 0.6 is 15.9 Å². The molecule has 1 aliphatic rings. The zero-order valence-electron chi connectivity index (χ0n) is 8.67. The van der Waals surface area contributed by atoms with Gasteiger partial charge in [0.15, 0.2) is 0 Å². The van der Waals surface area contributed by atoms with E-state index < -0.39 is 11.0 Å². The highest BCUT2D eigenvalue weighted by atomic mass is 79.9. The minimum absolute atomic E-state index is 0.00150. The highest BCUT2D eigenvalue weighted by molar-refractivity contribution is 9.10. The third kappa shape index (κ3) is 2.16. The fourth-order valence-corrected chi connectivity index (χ4v) is 2.39. The van der Waals surface area contributed by atoms with E-state index in [-0.39, 0.29) is 30.2 Å². The van der Waals surface area contributed by atoms with Gasteiger partial charge >= 0.3 is 0 Å². The number of rotatable bonds is 2. The molecule has 1 fully saturated rings. The molecule has 1 heterocycles. The number of nitro groups is 1. The number of carbonyl (C=O) groups excluding carboxylic acids is 1. The van der Waals surface area contributed by atoms with Crippen LogP contribution < -0.4 is 4.90 Å². The highest BCUT2D eigenvalue weighted by Gasteiger charge is 2.34. The number of anilines is 1. The van der Waals surface area contributed by atoms with Gasteiger partial charge in [0.2, 0.25) is 5.91 Å². The van der Waals surface area contributed by atoms with Crippen LogP contribution in [0.25, 0.3) is 0 Å². The van der Waals surface area contributed by atoms with Gasteiger partial charge in [-0.05, 0) is 22.0 Å². The average molecular weight is 301 g/mol. The molecule has 1 N–H and O–H groups in total. The van der Waals surface area contributed by atoms with Gasteiger partial charge in [-0.15, -0.1) is 0 Å². The van der Waals surface area contributed by atoms with Crippen LogP contribution in [0.5, 0.6) is 0 Å². The van der Waals surface area contributed by atoms with Crippen LogP contribution in [0.1, 0.15) is 6.42 Å². The van der Waals surface area contributed by atoms with E-state index >= 15 is 0 Å². The molecule has 0 spiro atoms. The molecule has 1 amide bonds. The van der Waals surface area contributed by atoms with Gasteiger partial charge < -0.3 is 10.0 Å². The zero-order chi connectivity index (χ0) is 12.6. The number of hydrogen-bond acceptors (Lipinski definition) is 4. The quantitative estimate of drug-likeness (QED) is 0.662. The smallest absolute Gasteiger partial charge is 0.294 e. The van der Waals surface area contributed by atoms with Crippen LogP contribution in [-0.2, 0) is 4.79 Å². The number of aliphatic hydroxyl groups is 1. The third-order valence-electron chi connectivity index (χ3n) is 2.54. The molecule has 0 bridgehead atoms. The van der Waals surface area contributed by atoms with Crippen LogP contribution in [0, 0.1) is 10.1 Å². The van der Waals surface area contributed by atoms with Gasteiger partial charge in [0, 0.05) is 10.5 Å². The maximum absolute atomic E-state index is 11.6. The van der Waals surface area contributed by atoms with Gasteiger partial charge in [0.25, 0.3) is 5.69 Å².